The highest BCUT2D eigenvalue weighted by Crippen LogP contribution is 2.30. The number of rotatable bonds is 4. The second-order valence-electron chi connectivity index (χ2n) is 5.67. The minimum absolute atomic E-state index is 0.474. The van der Waals surface area contributed by atoms with Gasteiger partial charge in [0, 0.05) is 13.1 Å². The van der Waals surface area contributed by atoms with Crippen molar-refractivity contribution in [2.45, 2.75) is 38.6 Å². The normalized spacial score (nSPS) is 17.1. The van der Waals surface area contributed by atoms with Crippen LogP contribution in [0.3, 0.4) is 0 Å². The van der Waals surface area contributed by atoms with E-state index >= 15 is 0 Å². The van der Waals surface area contributed by atoms with E-state index in [2.05, 4.69) is 11.9 Å². The SMILES string of the molecule is CN(Cc1cc(Cl)c(N)c(Cl)c1)CC1CCCCC1. The predicted molar refractivity (Wildman–Crippen MR) is 83.8 cm³/mol. The van der Waals surface area contributed by atoms with Gasteiger partial charge in [-0.2, -0.15) is 0 Å². The molecular weight excluding hydrogens is 279 g/mol. The standard InChI is InChI=1S/C15H22Cl2N2/c1-19(9-11-5-3-2-4-6-11)10-12-7-13(16)15(18)14(17)8-12/h7-8,11H,2-6,9-10,18H2,1H3. The van der Waals surface area contributed by atoms with E-state index in [1.807, 2.05) is 12.1 Å². The Balaban J connectivity index is 1.92. The minimum atomic E-state index is 0.474. The van der Waals surface area contributed by atoms with Gasteiger partial charge in [-0.3, -0.25) is 0 Å². The molecule has 0 aromatic heterocycles. The molecular formula is C15H22Cl2N2. The third-order valence-electron chi connectivity index (χ3n) is 3.89. The van der Waals surface area contributed by atoms with Crippen LogP contribution in [-0.2, 0) is 6.54 Å². The summed E-state index contributed by atoms with van der Waals surface area (Å²) in [5, 5.41) is 1.10. The van der Waals surface area contributed by atoms with Crippen molar-refractivity contribution in [3.8, 4) is 0 Å². The lowest BCUT2D eigenvalue weighted by molar-refractivity contribution is 0.228. The maximum absolute atomic E-state index is 6.07. The molecule has 1 aromatic rings. The molecule has 1 aliphatic rings. The Kier molecular flexibility index (Phi) is 5.37. The van der Waals surface area contributed by atoms with Gasteiger partial charge in [0.2, 0.25) is 0 Å². The number of anilines is 1. The molecule has 0 bridgehead atoms. The van der Waals surface area contributed by atoms with E-state index in [0.717, 1.165) is 24.6 Å². The maximum atomic E-state index is 6.07. The molecule has 19 heavy (non-hydrogen) atoms. The number of halogens is 2. The first-order valence-electron chi connectivity index (χ1n) is 6.98. The molecule has 106 valence electrons. The highest BCUT2D eigenvalue weighted by atomic mass is 35.5. The molecule has 2 rings (SSSR count). The molecule has 0 aliphatic heterocycles. The Morgan fingerprint density at radius 3 is 2.32 bits per heavy atom. The number of hydrogen-bond acceptors (Lipinski definition) is 2. The Morgan fingerprint density at radius 1 is 1.16 bits per heavy atom. The third kappa shape index (κ3) is 4.27. The molecule has 0 unspecified atom stereocenters. The zero-order valence-electron chi connectivity index (χ0n) is 11.5. The number of hydrogen-bond donors (Lipinski definition) is 1. The Morgan fingerprint density at radius 2 is 1.74 bits per heavy atom. The van der Waals surface area contributed by atoms with Gasteiger partial charge in [-0.05, 0) is 43.5 Å². The minimum Gasteiger partial charge on any atom is -0.396 e. The predicted octanol–water partition coefficient (Wildman–Crippen LogP) is 4.59. The van der Waals surface area contributed by atoms with Crippen LogP contribution in [0, 0.1) is 5.92 Å². The highest BCUT2D eigenvalue weighted by Gasteiger charge is 2.15. The molecule has 0 amide bonds. The lowest BCUT2D eigenvalue weighted by Crippen LogP contribution is -2.26. The molecule has 1 aliphatic carbocycles. The van der Waals surface area contributed by atoms with E-state index in [-0.39, 0.29) is 0 Å². The summed E-state index contributed by atoms with van der Waals surface area (Å²) < 4.78 is 0. The first kappa shape index (κ1) is 15.0. The lowest BCUT2D eigenvalue weighted by Gasteiger charge is -2.27. The summed E-state index contributed by atoms with van der Waals surface area (Å²) >= 11 is 12.1. The smallest absolute Gasteiger partial charge is 0.0693 e. The first-order valence-corrected chi connectivity index (χ1v) is 7.74. The van der Waals surface area contributed by atoms with Crippen LogP contribution in [0.2, 0.25) is 10.0 Å². The first-order chi connectivity index (χ1) is 9.06. The van der Waals surface area contributed by atoms with E-state index in [0.29, 0.717) is 15.7 Å². The molecule has 1 fully saturated rings. The van der Waals surface area contributed by atoms with Crippen molar-refractivity contribution < 1.29 is 0 Å². The Hall–Kier alpha value is -0.440. The fraction of sp³-hybridized carbons (Fsp3) is 0.600. The fourth-order valence-corrected chi connectivity index (χ4v) is 3.45. The summed E-state index contributed by atoms with van der Waals surface area (Å²) in [6, 6.07) is 3.83. The number of nitrogens with two attached hydrogens (primary N) is 1. The maximum Gasteiger partial charge on any atom is 0.0693 e. The largest absolute Gasteiger partial charge is 0.396 e. The number of nitrogen functional groups attached to an aromatic ring is 1. The van der Waals surface area contributed by atoms with Crippen LogP contribution in [0.25, 0.3) is 0 Å². The summed E-state index contributed by atoms with van der Waals surface area (Å²) in [4.78, 5) is 2.36. The zero-order chi connectivity index (χ0) is 13.8. The van der Waals surface area contributed by atoms with E-state index in [4.69, 9.17) is 28.9 Å². The van der Waals surface area contributed by atoms with Crippen molar-refractivity contribution in [2.75, 3.05) is 19.3 Å². The number of nitrogens with zero attached hydrogens (tertiary/aromatic N) is 1. The summed E-state index contributed by atoms with van der Waals surface area (Å²) in [6.45, 7) is 2.02. The average Bonchev–Trinajstić information content (AvgIpc) is 2.37. The molecule has 0 radical (unpaired) electrons. The van der Waals surface area contributed by atoms with Crippen molar-refractivity contribution in [3.63, 3.8) is 0 Å². The van der Waals surface area contributed by atoms with Crippen molar-refractivity contribution >= 4 is 28.9 Å². The van der Waals surface area contributed by atoms with Crippen LogP contribution in [0.4, 0.5) is 5.69 Å². The summed E-state index contributed by atoms with van der Waals surface area (Å²) in [5.74, 6) is 0.846. The van der Waals surface area contributed by atoms with Gasteiger partial charge < -0.3 is 10.6 Å². The van der Waals surface area contributed by atoms with Crippen molar-refractivity contribution in [2.24, 2.45) is 5.92 Å². The zero-order valence-corrected chi connectivity index (χ0v) is 13.0. The van der Waals surface area contributed by atoms with E-state index in [9.17, 15) is 0 Å². The van der Waals surface area contributed by atoms with Crippen molar-refractivity contribution in [3.05, 3.63) is 27.7 Å². The monoisotopic (exact) mass is 300 g/mol. The fourth-order valence-electron chi connectivity index (χ4n) is 2.91. The van der Waals surface area contributed by atoms with Crippen LogP contribution in [0.5, 0.6) is 0 Å². The van der Waals surface area contributed by atoms with Gasteiger partial charge in [0.1, 0.15) is 0 Å². The van der Waals surface area contributed by atoms with Gasteiger partial charge in [-0.1, -0.05) is 42.5 Å². The van der Waals surface area contributed by atoms with Crippen LogP contribution >= 0.6 is 23.2 Å². The summed E-state index contributed by atoms with van der Waals surface area (Å²) in [5.41, 5.74) is 7.35. The van der Waals surface area contributed by atoms with E-state index in [1.54, 1.807) is 0 Å². The van der Waals surface area contributed by atoms with Gasteiger partial charge in [0.15, 0.2) is 0 Å². The van der Waals surface area contributed by atoms with Crippen molar-refractivity contribution in [1.29, 1.82) is 0 Å². The molecule has 1 saturated carbocycles. The second kappa shape index (κ2) is 6.83. The van der Waals surface area contributed by atoms with E-state index < -0.39 is 0 Å². The van der Waals surface area contributed by atoms with E-state index in [1.165, 1.54) is 32.1 Å². The van der Waals surface area contributed by atoms with Crippen LogP contribution in [0.1, 0.15) is 37.7 Å². The molecule has 0 saturated heterocycles. The molecule has 0 spiro atoms. The molecule has 4 heteroatoms. The van der Waals surface area contributed by atoms with Crippen molar-refractivity contribution in [1.82, 2.24) is 4.90 Å². The second-order valence-corrected chi connectivity index (χ2v) is 6.49. The van der Waals surface area contributed by atoms with Crippen LogP contribution in [-0.4, -0.2) is 18.5 Å². The summed E-state index contributed by atoms with van der Waals surface area (Å²) in [7, 11) is 2.16. The quantitative estimate of drug-likeness (QED) is 0.824. The molecule has 2 nitrogen and oxygen atoms in total. The highest BCUT2D eigenvalue weighted by molar-refractivity contribution is 6.38. The van der Waals surface area contributed by atoms with Crippen LogP contribution in [0.15, 0.2) is 12.1 Å². The Labute approximate surface area is 125 Å². The molecule has 0 atom stereocenters. The van der Waals surface area contributed by atoms with Crippen LogP contribution < -0.4 is 5.73 Å². The van der Waals surface area contributed by atoms with Gasteiger partial charge in [0.05, 0.1) is 15.7 Å². The molecule has 2 N–H and O–H groups in total. The van der Waals surface area contributed by atoms with Gasteiger partial charge in [-0.25, -0.2) is 0 Å². The molecule has 0 heterocycles. The van der Waals surface area contributed by atoms with Gasteiger partial charge in [-0.15, -0.1) is 0 Å². The topological polar surface area (TPSA) is 29.3 Å². The summed E-state index contributed by atoms with van der Waals surface area (Å²) in [6.07, 6.45) is 6.92. The average molecular weight is 301 g/mol. The molecule has 1 aromatic carbocycles. The lowest BCUT2D eigenvalue weighted by atomic mass is 9.89. The Bertz CT molecular complexity index is 405. The van der Waals surface area contributed by atoms with Gasteiger partial charge in [0.25, 0.3) is 0 Å². The van der Waals surface area contributed by atoms with Gasteiger partial charge >= 0.3 is 0 Å². The third-order valence-corrected chi connectivity index (χ3v) is 4.51. The number of benzene rings is 1.